The zero-order chi connectivity index (χ0) is 17.8. The largest absolute Gasteiger partial charge is 0.497 e. The molecule has 7 nitrogen and oxygen atoms in total. The van der Waals surface area contributed by atoms with Gasteiger partial charge in [-0.05, 0) is 45.0 Å². The molecule has 0 saturated heterocycles. The summed E-state index contributed by atoms with van der Waals surface area (Å²) >= 11 is 0. The lowest BCUT2D eigenvalue weighted by Crippen LogP contribution is -2.43. The molecule has 0 aliphatic heterocycles. The Bertz CT molecular complexity index is 635. The molecule has 2 atom stereocenters. The quantitative estimate of drug-likeness (QED) is 0.732. The van der Waals surface area contributed by atoms with E-state index in [2.05, 4.69) is 0 Å². The maximum Gasteiger partial charge on any atom is 0.323 e. The van der Waals surface area contributed by atoms with Crippen molar-refractivity contribution in [3.05, 3.63) is 24.3 Å². The van der Waals surface area contributed by atoms with Gasteiger partial charge < -0.3 is 20.9 Å². The van der Waals surface area contributed by atoms with E-state index >= 15 is 0 Å². The average molecular weight is 344 g/mol. The summed E-state index contributed by atoms with van der Waals surface area (Å²) < 4.78 is 34.9. The van der Waals surface area contributed by atoms with Gasteiger partial charge in [-0.2, -0.15) is 0 Å². The second-order valence-electron chi connectivity index (χ2n) is 6.13. The van der Waals surface area contributed by atoms with Crippen LogP contribution in [0.5, 0.6) is 5.75 Å². The minimum atomic E-state index is -3.80. The summed E-state index contributed by atoms with van der Waals surface area (Å²) in [6, 6.07) is 4.72. The standard InChI is InChI=1S/C15H24N2O5S/c1-15(2,3)22-14(18)12(16)9-13(17)23(19,20)11-7-5-10(21-4)6-8-11/h5-8,12-13H,9,16-17H2,1-4H3. The third-order valence-corrected chi connectivity index (χ3v) is 4.90. The van der Waals surface area contributed by atoms with Crippen LogP contribution in [0.3, 0.4) is 0 Å². The van der Waals surface area contributed by atoms with Gasteiger partial charge >= 0.3 is 5.97 Å². The molecule has 130 valence electrons. The Balaban J connectivity index is 2.82. The Morgan fingerprint density at radius 3 is 2.13 bits per heavy atom. The van der Waals surface area contributed by atoms with Crippen molar-refractivity contribution in [1.82, 2.24) is 0 Å². The second-order valence-corrected chi connectivity index (χ2v) is 8.30. The molecular weight excluding hydrogens is 320 g/mol. The fourth-order valence-electron chi connectivity index (χ4n) is 1.79. The lowest BCUT2D eigenvalue weighted by molar-refractivity contribution is -0.156. The SMILES string of the molecule is COc1ccc(S(=O)(=O)C(N)CC(N)C(=O)OC(C)(C)C)cc1. The predicted octanol–water partition coefficient (Wildman–Crippen LogP) is 0.813. The van der Waals surface area contributed by atoms with Crippen LogP contribution in [0.1, 0.15) is 27.2 Å². The third kappa shape index (κ3) is 5.49. The Labute approximate surface area is 136 Å². The molecule has 1 aromatic rings. The van der Waals surface area contributed by atoms with E-state index in [-0.39, 0.29) is 11.3 Å². The molecule has 23 heavy (non-hydrogen) atoms. The van der Waals surface area contributed by atoms with Crippen molar-refractivity contribution in [3.63, 3.8) is 0 Å². The number of methoxy groups -OCH3 is 1. The highest BCUT2D eigenvalue weighted by Gasteiger charge is 2.30. The first-order valence-electron chi connectivity index (χ1n) is 7.09. The fraction of sp³-hybridized carbons (Fsp3) is 0.533. The van der Waals surface area contributed by atoms with Gasteiger partial charge in [-0.3, -0.25) is 4.79 Å². The van der Waals surface area contributed by atoms with E-state index in [0.717, 1.165) is 0 Å². The minimum absolute atomic E-state index is 0.0437. The van der Waals surface area contributed by atoms with Crippen LogP contribution in [0.2, 0.25) is 0 Å². The number of hydrogen-bond acceptors (Lipinski definition) is 7. The van der Waals surface area contributed by atoms with Crippen molar-refractivity contribution >= 4 is 15.8 Å². The van der Waals surface area contributed by atoms with Crippen LogP contribution in [-0.4, -0.2) is 38.5 Å². The summed E-state index contributed by atoms with van der Waals surface area (Å²) in [5.74, 6) is -0.152. The van der Waals surface area contributed by atoms with Gasteiger partial charge in [-0.1, -0.05) is 0 Å². The molecule has 0 bridgehead atoms. The Hall–Kier alpha value is -1.64. The molecule has 4 N–H and O–H groups in total. The molecule has 0 radical (unpaired) electrons. The van der Waals surface area contributed by atoms with Gasteiger partial charge in [0.15, 0.2) is 9.84 Å². The first-order valence-corrected chi connectivity index (χ1v) is 8.64. The zero-order valence-corrected chi connectivity index (χ0v) is 14.6. The van der Waals surface area contributed by atoms with E-state index in [9.17, 15) is 13.2 Å². The van der Waals surface area contributed by atoms with Gasteiger partial charge in [-0.15, -0.1) is 0 Å². The van der Waals surface area contributed by atoms with Crippen molar-refractivity contribution in [2.45, 2.75) is 49.1 Å². The highest BCUT2D eigenvalue weighted by molar-refractivity contribution is 7.92. The van der Waals surface area contributed by atoms with Crippen LogP contribution in [0.15, 0.2) is 29.2 Å². The molecule has 0 aromatic heterocycles. The van der Waals surface area contributed by atoms with E-state index in [4.69, 9.17) is 20.9 Å². The molecule has 0 aliphatic rings. The van der Waals surface area contributed by atoms with Gasteiger partial charge in [0.2, 0.25) is 0 Å². The predicted molar refractivity (Wildman–Crippen MR) is 86.6 cm³/mol. The number of sulfone groups is 1. The van der Waals surface area contributed by atoms with Crippen molar-refractivity contribution < 1.29 is 22.7 Å². The first-order chi connectivity index (χ1) is 10.5. The number of nitrogens with two attached hydrogens (primary N) is 2. The lowest BCUT2D eigenvalue weighted by atomic mass is 10.1. The highest BCUT2D eigenvalue weighted by atomic mass is 32.2. The number of esters is 1. The average Bonchev–Trinajstić information content (AvgIpc) is 2.45. The number of carbonyl (C=O) groups is 1. The molecule has 0 spiro atoms. The fourth-order valence-corrected chi connectivity index (χ4v) is 3.12. The number of carbonyl (C=O) groups excluding carboxylic acids is 1. The summed E-state index contributed by atoms with van der Waals surface area (Å²) in [5.41, 5.74) is 10.8. The smallest absolute Gasteiger partial charge is 0.323 e. The lowest BCUT2D eigenvalue weighted by Gasteiger charge is -2.23. The molecule has 1 aromatic carbocycles. The van der Waals surface area contributed by atoms with E-state index < -0.39 is 32.8 Å². The van der Waals surface area contributed by atoms with Gasteiger partial charge in [0.1, 0.15) is 22.8 Å². The molecule has 0 fully saturated rings. The molecule has 0 aliphatic carbocycles. The van der Waals surface area contributed by atoms with E-state index in [0.29, 0.717) is 5.75 Å². The van der Waals surface area contributed by atoms with Gasteiger partial charge in [0, 0.05) is 6.42 Å². The van der Waals surface area contributed by atoms with Crippen LogP contribution >= 0.6 is 0 Å². The van der Waals surface area contributed by atoms with Crippen LogP contribution in [0.4, 0.5) is 0 Å². The van der Waals surface area contributed by atoms with Crippen molar-refractivity contribution in [1.29, 1.82) is 0 Å². The number of ether oxygens (including phenoxy) is 2. The van der Waals surface area contributed by atoms with Crippen molar-refractivity contribution in [3.8, 4) is 5.75 Å². The summed E-state index contributed by atoms with van der Waals surface area (Å²) in [7, 11) is -2.32. The van der Waals surface area contributed by atoms with Crippen LogP contribution in [0, 0.1) is 0 Å². The monoisotopic (exact) mass is 344 g/mol. The Morgan fingerprint density at radius 1 is 1.17 bits per heavy atom. The van der Waals surface area contributed by atoms with Gasteiger partial charge in [0.25, 0.3) is 0 Å². The maximum atomic E-state index is 12.4. The van der Waals surface area contributed by atoms with Crippen LogP contribution in [-0.2, 0) is 19.4 Å². The summed E-state index contributed by atoms with van der Waals surface area (Å²) in [6.45, 7) is 5.10. The number of rotatable bonds is 6. The van der Waals surface area contributed by atoms with Crippen LogP contribution < -0.4 is 16.2 Å². The van der Waals surface area contributed by atoms with Gasteiger partial charge in [-0.25, -0.2) is 8.42 Å². The molecule has 2 unspecified atom stereocenters. The number of benzene rings is 1. The minimum Gasteiger partial charge on any atom is -0.497 e. The van der Waals surface area contributed by atoms with E-state index in [1.54, 1.807) is 20.8 Å². The second kappa shape index (κ2) is 7.29. The summed E-state index contributed by atoms with van der Waals surface area (Å²) in [6.07, 6.45) is -0.233. The zero-order valence-electron chi connectivity index (χ0n) is 13.8. The Morgan fingerprint density at radius 2 is 1.70 bits per heavy atom. The number of hydrogen-bond donors (Lipinski definition) is 2. The van der Waals surface area contributed by atoms with E-state index in [1.165, 1.54) is 31.4 Å². The van der Waals surface area contributed by atoms with Crippen molar-refractivity contribution in [2.24, 2.45) is 11.5 Å². The third-order valence-electron chi connectivity index (χ3n) is 2.98. The highest BCUT2D eigenvalue weighted by Crippen LogP contribution is 2.20. The molecule has 0 amide bonds. The first kappa shape index (κ1) is 19.4. The molecular formula is C15H24N2O5S. The summed E-state index contributed by atoms with van der Waals surface area (Å²) in [4.78, 5) is 11.9. The van der Waals surface area contributed by atoms with Gasteiger partial charge in [0.05, 0.1) is 12.0 Å². The maximum absolute atomic E-state index is 12.4. The van der Waals surface area contributed by atoms with E-state index in [1.807, 2.05) is 0 Å². The van der Waals surface area contributed by atoms with Crippen LogP contribution in [0.25, 0.3) is 0 Å². The van der Waals surface area contributed by atoms with Crippen molar-refractivity contribution in [2.75, 3.05) is 7.11 Å². The molecule has 0 saturated carbocycles. The molecule has 0 heterocycles. The topological polar surface area (TPSA) is 122 Å². The molecule has 1 rings (SSSR count). The normalized spacial score (nSPS) is 14.9. The summed E-state index contributed by atoms with van der Waals surface area (Å²) in [5, 5.41) is -1.31. The molecule has 8 heteroatoms. The Kier molecular flexibility index (Phi) is 6.15.